The first-order valence-electron chi connectivity index (χ1n) is 6.49. The molecule has 0 aliphatic heterocycles. The molecule has 2 nitrogen and oxygen atoms in total. The molecule has 0 radical (unpaired) electrons. The Morgan fingerprint density at radius 3 is 1.65 bits per heavy atom. The van der Waals surface area contributed by atoms with E-state index in [9.17, 15) is 10.5 Å². The Labute approximate surface area is 103 Å². The van der Waals surface area contributed by atoms with Crippen molar-refractivity contribution in [1.82, 2.24) is 0 Å². The molecule has 0 heterocycles. The molecule has 0 aromatic rings. The van der Waals surface area contributed by atoms with Gasteiger partial charge in [-0.05, 0) is 38.5 Å². The van der Waals surface area contributed by atoms with Crippen LogP contribution in [0.5, 0.6) is 0 Å². The standard InChI is InChI=1S/C15H18N2/c16-11-15(12-17,13-7-3-1-4-8-13)14-9-5-2-6-10-14/h3,5,7,9,13-14H,1-2,4,6,8,10H2. The molecule has 2 aliphatic rings. The van der Waals surface area contributed by atoms with Crippen LogP contribution in [0.3, 0.4) is 0 Å². The predicted octanol–water partition coefficient (Wildman–Crippen LogP) is 3.73. The third kappa shape index (κ3) is 2.13. The fourth-order valence-electron chi connectivity index (χ4n) is 3.02. The summed E-state index contributed by atoms with van der Waals surface area (Å²) in [6.45, 7) is 0. The van der Waals surface area contributed by atoms with Gasteiger partial charge in [0.15, 0.2) is 5.41 Å². The number of allylic oxidation sites excluding steroid dienone is 4. The summed E-state index contributed by atoms with van der Waals surface area (Å²) >= 11 is 0. The summed E-state index contributed by atoms with van der Waals surface area (Å²) in [5.74, 6) is 0.220. The lowest BCUT2D eigenvalue weighted by atomic mass is 9.63. The summed E-state index contributed by atoms with van der Waals surface area (Å²) in [6, 6.07) is 4.68. The Morgan fingerprint density at radius 1 is 0.882 bits per heavy atom. The molecular formula is C15H18N2. The van der Waals surface area contributed by atoms with Crippen LogP contribution in [-0.2, 0) is 0 Å². The van der Waals surface area contributed by atoms with E-state index in [0.29, 0.717) is 0 Å². The van der Waals surface area contributed by atoms with Gasteiger partial charge in [-0.25, -0.2) is 0 Å². The summed E-state index contributed by atoms with van der Waals surface area (Å²) in [4.78, 5) is 0. The predicted molar refractivity (Wildman–Crippen MR) is 66.6 cm³/mol. The number of hydrogen-bond acceptors (Lipinski definition) is 2. The topological polar surface area (TPSA) is 47.6 Å². The van der Waals surface area contributed by atoms with Crippen molar-refractivity contribution in [2.45, 2.75) is 38.5 Å². The summed E-state index contributed by atoms with van der Waals surface area (Å²) in [7, 11) is 0. The zero-order valence-corrected chi connectivity index (χ0v) is 10.1. The first-order valence-corrected chi connectivity index (χ1v) is 6.49. The average Bonchev–Trinajstić information content (AvgIpc) is 2.43. The maximum atomic E-state index is 9.54. The van der Waals surface area contributed by atoms with E-state index < -0.39 is 5.41 Å². The van der Waals surface area contributed by atoms with Gasteiger partial charge < -0.3 is 0 Å². The van der Waals surface area contributed by atoms with Gasteiger partial charge >= 0.3 is 0 Å². The van der Waals surface area contributed by atoms with E-state index in [2.05, 4.69) is 36.4 Å². The molecule has 0 N–H and O–H groups in total. The van der Waals surface area contributed by atoms with Gasteiger partial charge in [0.1, 0.15) is 0 Å². The first kappa shape index (κ1) is 11.9. The smallest absolute Gasteiger partial charge is 0.156 e. The van der Waals surface area contributed by atoms with Crippen molar-refractivity contribution in [1.29, 1.82) is 10.5 Å². The van der Waals surface area contributed by atoms with Crippen LogP contribution in [0.1, 0.15) is 38.5 Å². The minimum atomic E-state index is -0.839. The molecule has 0 aromatic heterocycles. The van der Waals surface area contributed by atoms with Crippen molar-refractivity contribution in [3.8, 4) is 12.1 Å². The van der Waals surface area contributed by atoms with Crippen LogP contribution in [-0.4, -0.2) is 0 Å². The number of nitriles is 2. The monoisotopic (exact) mass is 226 g/mol. The normalized spacial score (nSPS) is 28.4. The van der Waals surface area contributed by atoms with Crippen LogP contribution in [0.15, 0.2) is 24.3 Å². The van der Waals surface area contributed by atoms with Gasteiger partial charge in [-0.2, -0.15) is 10.5 Å². The van der Waals surface area contributed by atoms with Gasteiger partial charge in [0, 0.05) is 11.8 Å². The molecule has 0 saturated carbocycles. The number of rotatable bonds is 2. The van der Waals surface area contributed by atoms with Crippen molar-refractivity contribution < 1.29 is 0 Å². The van der Waals surface area contributed by atoms with Gasteiger partial charge in [-0.15, -0.1) is 0 Å². The molecule has 2 aliphatic carbocycles. The van der Waals surface area contributed by atoms with Gasteiger partial charge in [0.2, 0.25) is 0 Å². The molecule has 2 atom stereocenters. The molecule has 2 rings (SSSR count). The lowest BCUT2D eigenvalue weighted by molar-refractivity contribution is 0.245. The van der Waals surface area contributed by atoms with Gasteiger partial charge in [-0.1, -0.05) is 24.3 Å². The van der Waals surface area contributed by atoms with Crippen molar-refractivity contribution >= 4 is 0 Å². The van der Waals surface area contributed by atoms with Crippen LogP contribution in [0.2, 0.25) is 0 Å². The highest BCUT2D eigenvalue weighted by Gasteiger charge is 2.44. The van der Waals surface area contributed by atoms with Gasteiger partial charge in [0.25, 0.3) is 0 Å². The van der Waals surface area contributed by atoms with Crippen molar-refractivity contribution in [2.75, 3.05) is 0 Å². The lowest BCUT2D eigenvalue weighted by Crippen LogP contribution is -2.35. The summed E-state index contributed by atoms with van der Waals surface area (Å²) in [6.07, 6.45) is 14.8. The van der Waals surface area contributed by atoms with Gasteiger partial charge in [0.05, 0.1) is 12.1 Å². The van der Waals surface area contributed by atoms with E-state index >= 15 is 0 Å². The lowest BCUT2D eigenvalue weighted by Gasteiger charge is -2.35. The molecule has 0 bridgehead atoms. The SMILES string of the molecule is N#CC(C#N)(C1C=CCCC1)C1C=CCCC1. The maximum absolute atomic E-state index is 9.54. The van der Waals surface area contributed by atoms with E-state index in [1.807, 2.05) is 0 Å². The van der Waals surface area contributed by atoms with E-state index in [4.69, 9.17) is 0 Å². The second-order valence-electron chi connectivity index (χ2n) is 5.02. The summed E-state index contributed by atoms with van der Waals surface area (Å²) < 4.78 is 0. The van der Waals surface area contributed by atoms with Gasteiger partial charge in [-0.3, -0.25) is 0 Å². The highest BCUT2D eigenvalue weighted by molar-refractivity contribution is 5.26. The minimum absolute atomic E-state index is 0.110. The fourth-order valence-corrected chi connectivity index (χ4v) is 3.02. The van der Waals surface area contributed by atoms with Crippen molar-refractivity contribution in [3.05, 3.63) is 24.3 Å². The maximum Gasteiger partial charge on any atom is 0.156 e. The molecule has 0 saturated heterocycles. The van der Waals surface area contributed by atoms with Crippen LogP contribution in [0, 0.1) is 39.9 Å². The van der Waals surface area contributed by atoms with Crippen molar-refractivity contribution in [3.63, 3.8) is 0 Å². The third-order valence-electron chi connectivity index (χ3n) is 4.05. The highest BCUT2D eigenvalue weighted by Crippen LogP contribution is 2.44. The number of hydrogen-bond donors (Lipinski definition) is 0. The van der Waals surface area contributed by atoms with E-state index in [0.717, 1.165) is 38.5 Å². The van der Waals surface area contributed by atoms with E-state index in [1.165, 1.54) is 0 Å². The molecule has 88 valence electrons. The zero-order valence-electron chi connectivity index (χ0n) is 10.1. The highest BCUT2D eigenvalue weighted by atomic mass is 14.5. The quantitative estimate of drug-likeness (QED) is 0.673. The average molecular weight is 226 g/mol. The molecule has 0 amide bonds. The molecule has 0 spiro atoms. The fraction of sp³-hybridized carbons (Fsp3) is 0.600. The third-order valence-corrected chi connectivity index (χ3v) is 4.05. The van der Waals surface area contributed by atoms with Crippen LogP contribution in [0.4, 0.5) is 0 Å². The Bertz CT molecular complexity index is 366. The minimum Gasteiger partial charge on any atom is -0.197 e. The molecule has 2 heteroatoms. The second-order valence-corrected chi connectivity index (χ2v) is 5.02. The van der Waals surface area contributed by atoms with Crippen LogP contribution < -0.4 is 0 Å². The van der Waals surface area contributed by atoms with Crippen LogP contribution in [0.25, 0.3) is 0 Å². The molecular weight excluding hydrogens is 208 g/mol. The second kappa shape index (κ2) is 5.19. The molecule has 0 fully saturated rings. The summed E-state index contributed by atoms with van der Waals surface area (Å²) in [5.41, 5.74) is -0.839. The molecule has 2 unspecified atom stereocenters. The molecule has 17 heavy (non-hydrogen) atoms. The molecule has 0 aromatic carbocycles. The van der Waals surface area contributed by atoms with E-state index in [1.54, 1.807) is 0 Å². The van der Waals surface area contributed by atoms with Crippen LogP contribution >= 0.6 is 0 Å². The Balaban J connectivity index is 2.31. The van der Waals surface area contributed by atoms with Crippen molar-refractivity contribution in [2.24, 2.45) is 17.3 Å². The summed E-state index contributed by atoms with van der Waals surface area (Å²) in [5, 5.41) is 19.1. The first-order chi connectivity index (χ1) is 8.33. The van der Waals surface area contributed by atoms with E-state index in [-0.39, 0.29) is 11.8 Å². The Hall–Kier alpha value is -1.54. The Kier molecular flexibility index (Phi) is 3.64. The largest absolute Gasteiger partial charge is 0.197 e. The number of nitrogens with zero attached hydrogens (tertiary/aromatic N) is 2. The Morgan fingerprint density at radius 2 is 1.35 bits per heavy atom. The zero-order chi connectivity index (χ0) is 12.1.